The van der Waals surface area contributed by atoms with Gasteiger partial charge in [-0.25, -0.2) is 0 Å². The summed E-state index contributed by atoms with van der Waals surface area (Å²) < 4.78 is 16.2. The topological polar surface area (TPSA) is 81.4 Å². The van der Waals surface area contributed by atoms with Crippen LogP contribution in [0.15, 0.2) is 60.0 Å². The van der Waals surface area contributed by atoms with Crippen LogP contribution in [0.1, 0.15) is 10.4 Å². The molecule has 0 aliphatic heterocycles. The van der Waals surface area contributed by atoms with E-state index in [2.05, 4.69) is 5.32 Å². The number of hydrogen-bond donors (Lipinski definition) is 2. The first-order valence-electron chi connectivity index (χ1n) is 7.56. The van der Waals surface area contributed by atoms with Crippen molar-refractivity contribution in [3.05, 3.63) is 65.5 Å². The summed E-state index contributed by atoms with van der Waals surface area (Å²) >= 11 is 1.62. The van der Waals surface area contributed by atoms with Gasteiger partial charge in [0, 0.05) is 17.1 Å². The lowest BCUT2D eigenvalue weighted by atomic mass is 10.1. The highest BCUT2D eigenvalue weighted by Gasteiger charge is 2.10. The maximum Gasteiger partial charge on any atom is 0.255 e. The highest BCUT2D eigenvalue weighted by Crippen LogP contribution is 2.30. The van der Waals surface area contributed by atoms with Gasteiger partial charge in [-0.2, -0.15) is 0 Å². The van der Waals surface area contributed by atoms with E-state index in [9.17, 15) is 9.36 Å². The van der Waals surface area contributed by atoms with Crippen LogP contribution >= 0.6 is 19.4 Å². The van der Waals surface area contributed by atoms with Crippen molar-refractivity contribution in [3.63, 3.8) is 0 Å². The predicted octanol–water partition coefficient (Wildman–Crippen LogP) is 4.73. The summed E-state index contributed by atoms with van der Waals surface area (Å²) in [6.07, 6.45) is 0. The molecule has 128 valence electrons. The molecule has 0 fully saturated rings. The molecule has 5 nitrogen and oxygen atoms in total. The molecule has 1 atom stereocenters. The van der Waals surface area contributed by atoms with Gasteiger partial charge in [0.1, 0.15) is 5.75 Å². The number of thiophene rings is 1. The highest BCUT2D eigenvalue weighted by molar-refractivity contribution is 7.38. The van der Waals surface area contributed by atoms with Crippen LogP contribution in [0.25, 0.3) is 10.4 Å². The van der Waals surface area contributed by atoms with Gasteiger partial charge in [-0.1, -0.05) is 12.1 Å². The maximum atomic E-state index is 12.4. The summed E-state index contributed by atoms with van der Waals surface area (Å²) in [5, 5.41) is 4.83. The molecule has 0 aliphatic carbocycles. The summed E-state index contributed by atoms with van der Waals surface area (Å²) in [6, 6.07) is 16.0. The monoisotopic (exact) mass is 372 g/mol. The smallest absolute Gasteiger partial charge is 0.255 e. The standard InChI is InChI=1S/C18H17N2O3PS/c1-24(22)23-14-7-4-12(5-8-14)18(21)20-16-11-13(6-9-15(16)19)17-3-2-10-25-17/h2-11,24H,19H2,1H3,(H,20,21). The Bertz CT molecular complexity index is 909. The summed E-state index contributed by atoms with van der Waals surface area (Å²) in [7, 11) is -2.07. The van der Waals surface area contributed by atoms with Crippen molar-refractivity contribution in [2.24, 2.45) is 0 Å². The Morgan fingerprint density at radius 1 is 1.16 bits per heavy atom. The SMILES string of the molecule is C[PH](=O)Oc1ccc(C(=O)Nc2cc(-c3cccs3)ccc2N)cc1. The molecule has 2 aromatic carbocycles. The van der Waals surface area contributed by atoms with E-state index >= 15 is 0 Å². The average Bonchev–Trinajstić information content (AvgIpc) is 3.11. The van der Waals surface area contributed by atoms with Crippen LogP contribution < -0.4 is 15.6 Å². The molecule has 3 N–H and O–H groups in total. The number of nitrogen functional groups attached to an aromatic ring is 1. The van der Waals surface area contributed by atoms with Crippen molar-refractivity contribution < 1.29 is 13.9 Å². The number of nitrogens with two attached hydrogens (primary N) is 1. The molecule has 0 bridgehead atoms. The molecule has 0 saturated carbocycles. The van der Waals surface area contributed by atoms with Crippen LogP contribution in [-0.2, 0) is 4.57 Å². The van der Waals surface area contributed by atoms with Crippen molar-refractivity contribution in [2.45, 2.75) is 0 Å². The van der Waals surface area contributed by atoms with Crippen LogP contribution in [0.4, 0.5) is 11.4 Å². The van der Waals surface area contributed by atoms with E-state index in [-0.39, 0.29) is 5.91 Å². The predicted molar refractivity (Wildman–Crippen MR) is 104 cm³/mol. The van der Waals surface area contributed by atoms with Crippen LogP contribution in [0.5, 0.6) is 5.75 Å². The van der Waals surface area contributed by atoms with E-state index in [0.717, 1.165) is 10.4 Å². The summed E-state index contributed by atoms with van der Waals surface area (Å²) in [6.45, 7) is 1.51. The largest absolute Gasteiger partial charge is 0.445 e. The third-order valence-corrected chi connectivity index (χ3v) is 4.93. The van der Waals surface area contributed by atoms with Gasteiger partial charge in [-0.15, -0.1) is 11.3 Å². The van der Waals surface area contributed by atoms with E-state index < -0.39 is 8.03 Å². The molecule has 7 heteroatoms. The van der Waals surface area contributed by atoms with Crippen LogP contribution in [0, 0.1) is 0 Å². The normalized spacial score (nSPS) is 11.7. The zero-order valence-electron chi connectivity index (χ0n) is 13.5. The van der Waals surface area contributed by atoms with Crippen molar-refractivity contribution in [3.8, 4) is 16.2 Å². The zero-order chi connectivity index (χ0) is 17.8. The first kappa shape index (κ1) is 17.3. The molecular formula is C18H17N2O3PS. The fourth-order valence-electron chi connectivity index (χ4n) is 2.30. The number of benzene rings is 2. The second kappa shape index (κ2) is 7.55. The van der Waals surface area contributed by atoms with Crippen LogP contribution in [-0.4, -0.2) is 12.6 Å². The number of nitrogens with one attached hydrogen (secondary N) is 1. The van der Waals surface area contributed by atoms with Gasteiger partial charge in [0.05, 0.1) is 11.4 Å². The fourth-order valence-corrected chi connectivity index (χ4v) is 3.49. The maximum absolute atomic E-state index is 12.4. The highest BCUT2D eigenvalue weighted by atomic mass is 32.1. The first-order valence-corrected chi connectivity index (χ1v) is 10.3. The van der Waals surface area contributed by atoms with Crippen molar-refractivity contribution in [2.75, 3.05) is 17.7 Å². The Morgan fingerprint density at radius 2 is 1.92 bits per heavy atom. The lowest BCUT2D eigenvalue weighted by molar-refractivity contribution is 0.102. The van der Waals surface area contributed by atoms with E-state index in [0.29, 0.717) is 22.7 Å². The Morgan fingerprint density at radius 3 is 2.56 bits per heavy atom. The van der Waals surface area contributed by atoms with E-state index in [1.807, 2.05) is 29.6 Å². The minimum absolute atomic E-state index is 0.272. The van der Waals surface area contributed by atoms with Gasteiger partial charge >= 0.3 is 0 Å². The Labute approximate surface area is 150 Å². The lowest BCUT2D eigenvalue weighted by Crippen LogP contribution is -2.13. The van der Waals surface area contributed by atoms with Crippen molar-refractivity contribution in [1.29, 1.82) is 0 Å². The third kappa shape index (κ3) is 4.29. The molecule has 0 saturated heterocycles. The van der Waals surface area contributed by atoms with Gasteiger partial charge in [-0.05, 0) is 53.4 Å². The molecule has 0 aliphatic rings. The van der Waals surface area contributed by atoms with Gasteiger partial charge in [0.2, 0.25) is 8.03 Å². The second-order valence-corrected chi connectivity index (χ2v) is 7.49. The number of carbonyl (C=O) groups excluding carboxylic acids is 1. The molecule has 3 rings (SSSR count). The van der Waals surface area contributed by atoms with Crippen molar-refractivity contribution >= 4 is 36.6 Å². The first-order chi connectivity index (χ1) is 12.0. The van der Waals surface area contributed by atoms with Gasteiger partial charge < -0.3 is 15.6 Å². The summed E-state index contributed by atoms with van der Waals surface area (Å²) in [5.74, 6) is 0.202. The van der Waals surface area contributed by atoms with Gasteiger partial charge in [0.15, 0.2) is 0 Å². The number of rotatable bonds is 5. The molecule has 1 amide bonds. The fraction of sp³-hybridized carbons (Fsp3) is 0.0556. The molecule has 0 radical (unpaired) electrons. The molecule has 1 aromatic heterocycles. The Kier molecular flexibility index (Phi) is 5.22. The van der Waals surface area contributed by atoms with E-state index in [1.165, 1.54) is 6.66 Å². The second-order valence-electron chi connectivity index (χ2n) is 5.35. The lowest BCUT2D eigenvalue weighted by Gasteiger charge is -2.10. The number of carbonyl (C=O) groups is 1. The minimum Gasteiger partial charge on any atom is -0.445 e. The molecule has 1 heterocycles. The molecule has 1 unspecified atom stereocenters. The number of anilines is 2. The Hall–Kier alpha value is -2.56. The molecule has 25 heavy (non-hydrogen) atoms. The van der Waals surface area contributed by atoms with Crippen molar-refractivity contribution in [1.82, 2.24) is 0 Å². The van der Waals surface area contributed by atoms with E-state index in [1.54, 1.807) is 41.7 Å². The average molecular weight is 372 g/mol. The quantitative estimate of drug-likeness (QED) is 0.501. The van der Waals surface area contributed by atoms with Gasteiger partial charge in [0.25, 0.3) is 5.91 Å². The van der Waals surface area contributed by atoms with E-state index in [4.69, 9.17) is 10.3 Å². The molecular weight excluding hydrogens is 355 g/mol. The zero-order valence-corrected chi connectivity index (χ0v) is 15.3. The number of hydrogen-bond acceptors (Lipinski definition) is 5. The van der Waals surface area contributed by atoms with Gasteiger partial charge in [-0.3, -0.25) is 9.36 Å². The van der Waals surface area contributed by atoms with Crippen LogP contribution in [0.2, 0.25) is 0 Å². The molecule has 3 aromatic rings. The Balaban J connectivity index is 1.78. The third-order valence-electron chi connectivity index (χ3n) is 3.49. The minimum atomic E-state index is -2.07. The van der Waals surface area contributed by atoms with Crippen LogP contribution in [0.3, 0.4) is 0 Å². The summed E-state index contributed by atoms with van der Waals surface area (Å²) in [5.41, 5.74) is 8.51. The molecule has 0 spiro atoms. The summed E-state index contributed by atoms with van der Waals surface area (Å²) in [4.78, 5) is 13.5. The number of amides is 1.